The first-order valence-corrected chi connectivity index (χ1v) is 16.4. The van der Waals surface area contributed by atoms with Crippen LogP contribution in [0.5, 0.6) is 5.75 Å². The molecule has 2 amide bonds. The second-order valence-electron chi connectivity index (χ2n) is 12.3. The summed E-state index contributed by atoms with van der Waals surface area (Å²) in [6, 6.07) is 21.1. The van der Waals surface area contributed by atoms with Crippen molar-refractivity contribution < 1.29 is 24.2 Å². The molecule has 1 aliphatic carbocycles. The van der Waals surface area contributed by atoms with E-state index < -0.39 is 11.5 Å². The monoisotopic (exact) mass is 619 g/mol. The Morgan fingerprint density at radius 1 is 0.978 bits per heavy atom. The molecule has 8 heteroatoms. The van der Waals surface area contributed by atoms with Gasteiger partial charge in [0.25, 0.3) is 5.91 Å². The Balaban J connectivity index is 1.31. The maximum atomic E-state index is 13.9. The van der Waals surface area contributed by atoms with Gasteiger partial charge in [-0.1, -0.05) is 63.4 Å². The predicted octanol–water partition coefficient (Wildman–Crippen LogP) is 7.77. The van der Waals surface area contributed by atoms with Gasteiger partial charge in [0.05, 0.1) is 12.2 Å². The molecule has 1 aliphatic heterocycles. The van der Waals surface area contributed by atoms with Crippen molar-refractivity contribution in [3.05, 3.63) is 89.5 Å². The first-order chi connectivity index (χ1) is 22.3. The highest BCUT2D eigenvalue weighted by molar-refractivity contribution is 6.06. The number of para-hydroxylation sites is 1. The number of carbonyl (C=O) groups excluding carboxylic acids is 2. The second kappa shape index (κ2) is 13.3. The molecule has 1 aromatic heterocycles. The number of ether oxygens (including phenoxy) is 1. The number of carboxylic acids is 1. The molecule has 238 valence electrons. The zero-order valence-electron chi connectivity index (χ0n) is 26.5. The summed E-state index contributed by atoms with van der Waals surface area (Å²) < 4.78 is 8.52. The number of carboxylic acid groups (broad SMARTS) is 1. The number of aromatic nitrogens is 1. The Kier molecular flexibility index (Phi) is 8.97. The van der Waals surface area contributed by atoms with E-state index in [2.05, 4.69) is 33.4 Å². The third-order valence-electron chi connectivity index (χ3n) is 9.68. The molecule has 0 radical (unpaired) electrons. The highest BCUT2D eigenvalue weighted by atomic mass is 16.5. The van der Waals surface area contributed by atoms with E-state index in [9.17, 15) is 14.4 Å². The minimum absolute atomic E-state index is 0.296. The molecule has 1 saturated carbocycles. The van der Waals surface area contributed by atoms with E-state index in [1.807, 2.05) is 38.1 Å². The van der Waals surface area contributed by atoms with Gasteiger partial charge in [0.15, 0.2) is 0 Å². The molecule has 8 nitrogen and oxygen atoms in total. The average molecular weight is 620 g/mol. The Morgan fingerprint density at radius 2 is 1.72 bits per heavy atom. The van der Waals surface area contributed by atoms with E-state index in [-0.39, 0.29) is 11.8 Å². The predicted molar refractivity (Wildman–Crippen MR) is 181 cm³/mol. The Morgan fingerprint density at radius 3 is 2.43 bits per heavy atom. The fraction of sp³-hybridized carbons (Fsp3) is 0.342. The smallest absolute Gasteiger partial charge is 0.328 e. The van der Waals surface area contributed by atoms with E-state index >= 15 is 0 Å². The van der Waals surface area contributed by atoms with Crippen LogP contribution in [0.25, 0.3) is 28.2 Å². The number of aliphatic carboxylic acids is 1. The van der Waals surface area contributed by atoms with Crippen molar-refractivity contribution in [2.45, 2.75) is 76.8 Å². The molecule has 0 saturated heterocycles. The Hall–Kier alpha value is -4.85. The number of nitrogens with one attached hydrogen (secondary N) is 2. The standard InChI is InChI=1S/C38H41N3O5/c1-3-38(4-2,37(45)39-28-18-14-25(15-19-28)16-21-33(42)43)40-36(44)27-17-20-29-31(24-27)41-22-23-46-32-13-9-8-12-30(32)35(41)34(29)26-10-6-5-7-11-26/h8-9,12-21,24,26H,3-7,10-11,22-23H2,1-2H3,(H,39,45)(H,40,44)(H,42,43)/b21-16+. The van der Waals surface area contributed by atoms with Gasteiger partial charge in [0.2, 0.25) is 5.91 Å². The van der Waals surface area contributed by atoms with E-state index in [1.165, 1.54) is 42.0 Å². The van der Waals surface area contributed by atoms with Crippen LogP contribution in [0, 0.1) is 0 Å². The molecule has 0 spiro atoms. The molecule has 4 aromatic rings. The maximum absolute atomic E-state index is 13.9. The summed E-state index contributed by atoms with van der Waals surface area (Å²) in [4.78, 5) is 38.4. The first-order valence-electron chi connectivity index (χ1n) is 16.4. The summed E-state index contributed by atoms with van der Waals surface area (Å²) in [5, 5.41) is 16.1. The Labute approximate surface area is 269 Å². The molecule has 0 unspecified atom stereocenters. The first kappa shape index (κ1) is 31.1. The number of benzene rings is 3. The van der Waals surface area contributed by atoms with Crippen LogP contribution in [0.15, 0.2) is 72.8 Å². The lowest BCUT2D eigenvalue weighted by molar-refractivity contribution is -0.131. The maximum Gasteiger partial charge on any atom is 0.328 e. The molecule has 46 heavy (non-hydrogen) atoms. The summed E-state index contributed by atoms with van der Waals surface area (Å²) in [7, 11) is 0. The molecule has 6 rings (SSSR count). The number of fused-ring (bicyclic) bond motifs is 5. The van der Waals surface area contributed by atoms with Gasteiger partial charge < -0.3 is 25.0 Å². The quantitative estimate of drug-likeness (QED) is 0.166. The zero-order chi connectivity index (χ0) is 32.3. The molecule has 1 fully saturated rings. The van der Waals surface area contributed by atoms with Crippen LogP contribution < -0.4 is 15.4 Å². The number of rotatable bonds is 9. The van der Waals surface area contributed by atoms with Crippen LogP contribution in [-0.2, 0) is 16.1 Å². The molecule has 0 bridgehead atoms. The summed E-state index contributed by atoms with van der Waals surface area (Å²) in [6.45, 7) is 5.01. The van der Waals surface area contributed by atoms with E-state index in [4.69, 9.17) is 9.84 Å². The van der Waals surface area contributed by atoms with Crippen molar-refractivity contribution >= 4 is 40.4 Å². The molecule has 3 N–H and O–H groups in total. The SMILES string of the molecule is CCC(CC)(NC(=O)c1ccc2c(C3CCCCC3)c3n(c2c1)CCOc1ccccc1-3)C(=O)Nc1ccc(/C=C/C(=O)O)cc1. The molecular weight excluding hydrogens is 578 g/mol. The van der Waals surface area contributed by atoms with Crippen molar-refractivity contribution in [2.24, 2.45) is 0 Å². The molecule has 2 aliphatic rings. The van der Waals surface area contributed by atoms with Gasteiger partial charge in [0, 0.05) is 33.8 Å². The third-order valence-corrected chi connectivity index (χ3v) is 9.68. The van der Waals surface area contributed by atoms with Gasteiger partial charge >= 0.3 is 5.97 Å². The largest absolute Gasteiger partial charge is 0.491 e. The fourth-order valence-corrected chi connectivity index (χ4v) is 7.07. The number of hydrogen-bond donors (Lipinski definition) is 3. The third kappa shape index (κ3) is 6.04. The van der Waals surface area contributed by atoms with Gasteiger partial charge in [-0.05, 0) is 85.2 Å². The van der Waals surface area contributed by atoms with Crippen molar-refractivity contribution in [3.8, 4) is 17.0 Å². The second-order valence-corrected chi connectivity index (χ2v) is 12.3. The van der Waals surface area contributed by atoms with Crippen molar-refractivity contribution in [3.63, 3.8) is 0 Å². The van der Waals surface area contributed by atoms with Gasteiger partial charge in [0.1, 0.15) is 17.9 Å². The van der Waals surface area contributed by atoms with Gasteiger partial charge in [-0.2, -0.15) is 0 Å². The van der Waals surface area contributed by atoms with Crippen LogP contribution in [0.3, 0.4) is 0 Å². The highest BCUT2D eigenvalue weighted by Crippen LogP contribution is 2.47. The van der Waals surface area contributed by atoms with Crippen molar-refractivity contribution in [1.29, 1.82) is 0 Å². The normalized spacial score (nSPS) is 15.1. The van der Waals surface area contributed by atoms with Crippen LogP contribution in [-0.4, -0.2) is 39.6 Å². The van der Waals surface area contributed by atoms with E-state index in [0.717, 1.165) is 35.7 Å². The topological polar surface area (TPSA) is 110 Å². The van der Waals surface area contributed by atoms with E-state index in [0.29, 0.717) is 48.7 Å². The number of hydrogen-bond acceptors (Lipinski definition) is 4. The zero-order valence-corrected chi connectivity index (χ0v) is 26.5. The number of nitrogens with zero attached hydrogens (tertiary/aromatic N) is 1. The van der Waals surface area contributed by atoms with Crippen molar-refractivity contribution in [2.75, 3.05) is 11.9 Å². The van der Waals surface area contributed by atoms with Gasteiger partial charge in [-0.25, -0.2) is 4.79 Å². The van der Waals surface area contributed by atoms with Gasteiger partial charge in [-0.15, -0.1) is 0 Å². The molecule has 3 aromatic carbocycles. The average Bonchev–Trinajstić information content (AvgIpc) is 3.28. The van der Waals surface area contributed by atoms with Crippen LogP contribution in [0.4, 0.5) is 5.69 Å². The Bertz CT molecular complexity index is 1790. The minimum Gasteiger partial charge on any atom is -0.491 e. The van der Waals surface area contributed by atoms with E-state index in [1.54, 1.807) is 24.3 Å². The van der Waals surface area contributed by atoms with Gasteiger partial charge in [-0.3, -0.25) is 9.59 Å². The molecular formula is C38H41N3O5. The summed E-state index contributed by atoms with van der Waals surface area (Å²) in [5.41, 5.74) is 5.33. The highest BCUT2D eigenvalue weighted by Gasteiger charge is 2.37. The molecule has 2 heterocycles. The lowest BCUT2D eigenvalue weighted by Gasteiger charge is -2.31. The number of carbonyl (C=O) groups is 3. The summed E-state index contributed by atoms with van der Waals surface area (Å²) >= 11 is 0. The lowest BCUT2D eigenvalue weighted by atomic mass is 9.81. The van der Waals surface area contributed by atoms with Crippen molar-refractivity contribution in [1.82, 2.24) is 9.88 Å². The minimum atomic E-state index is -1.12. The molecule has 0 atom stereocenters. The fourth-order valence-electron chi connectivity index (χ4n) is 7.07. The number of anilines is 1. The lowest BCUT2D eigenvalue weighted by Crippen LogP contribution is -2.56. The van der Waals surface area contributed by atoms with Crippen LogP contribution >= 0.6 is 0 Å². The van der Waals surface area contributed by atoms with Crippen LogP contribution in [0.1, 0.15) is 86.2 Å². The number of amides is 2. The van der Waals surface area contributed by atoms with Crippen LogP contribution in [0.2, 0.25) is 0 Å². The summed E-state index contributed by atoms with van der Waals surface area (Å²) in [5.74, 6) is -0.274. The summed E-state index contributed by atoms with van der Waals surface area (Å²) in [6.07, 6.45) is 9.39.